The van der Waals surface area contributed by atoms with Crippen molar-refractivity contribution in [1.82, 2.24) is 9.47 Å². The van der Waals surface area contributed by atoms with Gasteiger partial charge in [-0.25, -0.2) is 0 Å². The second kappa shape index (κ2) is 8.12. The summed E-state index contributed by atoms with van der Waals surface area (Å²) in [6.45, 7) is 1.73. The van der Waals surface area contributed by atoms with E-state index in [1.165, 1.54) is 0 Å². The van der Waals surface area contributed by atoms with Gasteiger partial charge in [-0.1, -0.05) is 18.2 Å². The molecule has 1 aromatic heterocycles. The Balaban J connectivity index is 1.45. The van der Waals surface area contributed by atoms with Crippen LogP contribution in [0.5, 0.6) is 0 Å². The summed E-state index contributed by atoms with van der Waals surface area (Å²) < 4.78 is 7.18. The standard InChI is InChI=1S/C24H24N4O4/c1-32-12-11-27-14-18(16-5-2-3-6-20(16)27)22(29)25-15-8-9-19-17(13-15)24(31)28-10-4-7-21(28)23(30)26-19/h2-3,5-6,8-9,13-14,21H,4,7,10-12H2,1H3,(H,25,29)(H,26,30)/t21-/m1/s1. The molecule has 0 unspecified atom stereocenters. The van der Waals surface area contributed by atoms with E-state index in [2.05, 4.69) is 10.6 Å². The van der Waals surface area contributed by atoms with Crippen LogP contribution in [0, 0.1) is 0 Å². The van der Waals surface area contributed by atoms with Gasteiger partial charge in [0.15, 0.2) is 0 Å². The Bertz CT molecular complexity index is 1230. The van der Waals surface area contributed by atoms with E-state index in [0.717, 1.165) is 17.3 Å². The summed E-state index contributed by atoms with van der Waals surface area (Å²) in [5.41, 5.74) is 2.87. The lowest BCUT2D eigenvalue weighted by Crippen LogP contribution is -2.40. The third kappa shape index (κ3) is 3.42. The first kappa shape index (κ1) is 20.3. The first-order valence-electron chi connectivity index (χ1n) is 10.7. The molecule has 0 bridgehead atoms. The van der Waals surface area contributed by atoms with E-state index in [9.17, 15) is 14.4 Å². The van der Waals surface area contributed by atoms with Crippen LogP contribution in [0.25, 0.3) is 10.9 Å². The Morgan fingerprint density at radius 2 is 2.06 bits per heavy atom. The Hall–Kier alpha value is -3.65. The van der Waals surface area contributed by atoms with Gasteiger partial charge in [0, 0.05) is 43.0 Å². The summed E-state index contributed by atoms with van der Waals surface area (Å²) >= 11 is 0. The molecule has 1 fully saturated rings. The number of rotatable bonds is 5. The van der Waals surface area contributed by atoms with Crippen molar-refractivity contribution in [2.75, 3.05) is 30.9 Å². The quantitative estimate of drug-likeness (QED) is 0.648. The number of hydrogen-bond donors (Lipinski definition) is 2. The molecule has 2 aliphatic heterocycles. The summed E-state index contributed by atoms with van der Waals surface area (Å²) in [5, 5.41) is 6.62. The molecule has 2 aromatic carbocycles. The van der Waals surface area contributed by atoms with Crippen LogP contribution < -0.4 is 10.6 Å². The molecule has 1 saturated heterocycles. The van der Waals surface area contributed by atoms with Crippen LogP contribution in [0.2, 0.25) is 0 Å². The molecule has 1 atom stereocenters. The van der Waals surface area contributed by atoms with Crippen molar-refractivity contribution >= 4 is 40.0 Å². The van der Waals surface area contributed by atoms with Crippen molar-refractivity contribution in [2.24, 2.45) is 0 Å². The molecule has 3 amide bonds. The van der Waals surface area contributed by atoms with Crippen molar-refractivity contribution in [3.05, 3.63) is 59.8 Å². The highest BCUT2D eigenvalue weighted by Crippen LogP contribution is 2.31. The zero-order valence-electron chi connectivity index (χ0n) is 17.8. The highest BCUT2D eigenvalue weighted by molar-refractivity contribution is 6.14. The second-order valence-corrected chi connectivity index (χ2v) is 8.11. The number of ether oxygens (including phenoxy) is 1. The maximum atomic E-state index is 13.1. The van der Waals surface area contributed by atoms with Crippen molar-refractivity contribution in [2.45, 2.75) is 25.4 Å². The first-order chi connectivity index (χ1) is 15.6. The third-order valence-corrected chi connectivity index (χ3v) is 6.15. The van der Waals surface area contributed by atoms with Crippen LogP contribution in [0.4, 0.5) is 11.4 Å². The summed E-state index contributed by atoms with van der Waals surface area (Å²) in [4.78, 5) is 40.3. The van der Waals surface area contributed by atoms with Gasteiger partial charge in [-0.2, -0.15) is 0 Å². The highest BCUT2D eigenvalue weighted by Gasteiger charge is 2.38. The van der Waals surface area contributed by atoms with Gasteiger partial charge in [-0.15, -0.1) is 0 Å². The van der Waals surface area contributed by atoms with Crippen molar-refractivity contribution in [3.8, 4) is 0 Å². The fourth-order valence-electron chi connectivity index (χ4n) is 4.56. The van der Waals surface area contributed by atoms with Gasteiger partial charge < -0.3 is 24.8 Å². The number of amides is 3. The lowest BCUT2D eigenvalue weighted by Gasteiger charge is -2.20. The fraction of sp³-hybridized carbons (Fsp3) is 0.292. The number of benzene rings is 2. The van der Waals surface area contributed by atoms with Gasteiger partial charge >= 0.3 is 0 Å². The minimum Gasteiger partial charge on any atom is -0.383 e. The second-order valence-electron chi connectivity index (χ2n) is 8.11. The zero-order chi connectivity index (χ0) is 22.2. The molecule has 8 nitrogen and oxygen atoms in total. The van der Waals surface area contributed by atoms with E-state index in [1.807, 2.05) is 35.0 Å². The molecule has 0 spiro atoms. The molecule has 3 aromatic rings. The average Bonchev–Trinajstić information content (AvgIpc) is 3.41. The molecule has 3 heterocycles. The van der Waals surface area contributed by atoms with Crippen LogP contribution in [0.15, 0.2) is 48.7 Å². The van der Waals surface area contributed by atoms with Gasteiger partial charge in [0.2, 0.25) is 5.91 Å². The zero-order valence-corrected chi connectivity index (χ0v) is 17.8. The predicted octanol–water partition coefficient (Wildman–Crippen LogP) is 3.10. The smallest absolute Gasteiger partial charge is 0.257 e. The predicted molar refractivity (Wildman–Crippen MR) is 121 cm³/mol. The fourth-order valence-corrected chi connectivity index (χ4v) is 4.56. The van der Waals surface area contributed by atoms with Crippen LogP contribution in [0.3, 0.4) is 0 Å². The van der Waals surface area contributed by atoms with Gasteiger partial charge in [-0.05, 0) is 37.1 Å². The molecule has 32 heavy (non-hydrogen) atoms. The molecular weight excluding hydrogens is 408 g/mol. The largest absolute Gasteiger partial charge is 0.383 e. The van der Waals surface area contributed by atoms with Crippen molar-refractivity contribution < 1.29 is 19.1 Å². The van der Waals surface area contributed by atoms with Crippen LogP contribution >= 0.6 is 0 Å². The van der Waals surface area contributed by atoms with E-state index >= 15 is 0 Å². The van der Waals surface area contributed by atoms with Crippen molar-refractivity contribution in [3.63, 3.8) is 0 Å². The van der Waals surface area contributed by atoms with Crippen molar-refractivity contribution in [1.29, 1.82) is 0 Å². The van der Waals surface area contributed by atoms with E-state index < -0.39 is 6.04 Å². The number of anilines is 2. The van der Waals surface area contributed by atoms with Gasteiger partial charge in [0.1, 0.15) is 6.04 Å². The third-order valence-electron chi connectivity index (χ3n) is 6.15. The van der Waals surface area contributed by atoms with E-state index in [0.29, 0.717) is 48.6 Å². The molecule has 2 N–H and O–H groups in total. The first-order valence-corrected chi connectivity index (χ1v) is 10.7. The molecule has 8 heteroatoms. The molecule has 164 valence electrons. The van der Waals surface area contributed by atoms with E-state index in [1.54, 1.807) is 30.2 Å². The lowest BCUT2D eigenvalue weighted by molar-refractivity contribution is -0.119. The summed E-state index contributed by atoms with van der Waals surface area (Å²) in [7, 11) is 1.64. The Labute approximate surface area is 185 Å². The number of carbonyl (C=O) groups is 3. The number of aromatic nitrogens is 1. The Morgan fingerprint density at radius 3 is 2.91 bits per heavy atom. The molecule has 5 rings (SSSR count). The minimum atomic E-state index is -0.425. The highest BCUT2D eigenvalue weighted by atomic mass is 16.5. The van der Waals surface area contributed by atoms with E-state index in [-0.39, 0.29) is 17.7 Å². The van der Waals surface area contributed by atoms with Gasteiger partial charge in [0.05, 0.1) is 23.4 Å². The van der Waals surface area contributed by atoms with Crippen LogP contribution in [0.1, 0.15) is 33.6 Å². The monoisotopic (exact) mass is 432 g/mol. The number of nitrogens with zero attached hydrogens (tertiary/aromatic N) is 2. The maximum Gasteiger partial charge on any atom is 0.257 e. The normalized spacial score (nSPS) is 17.7. The summed E-state index contributed by atoms with van der Waals surface area (Å²) in [6, 6.07) is 12.3. The number of methoxy groups -OCH3 is 1. The van der Waals surface area contributed by atoms with Crippen LogP contribution in [-0.2, 0) is 16.1 Å². The number of para-hydroxylation sites is 1. The Morgan fingerprint density at radius 1 is 1.22 bits per heavy atom. The number of nitrogens with one attached hydrogen (secondary N) is 2. The minimum absolute atomic E-state index is 0.157. The number of fused-ring (bicyclic) bond motifs is 3. The summed E-state index contributed by atoms with van der Waals surface area (Å²) in [5.74, 6) is -0.607. The molecule has 0 aliphatic carbocycles. The summed E-state index contributed by atoms with van der Waals surface area (Å²) in [6.07, 6.45) is 3.30. The molecule has 2 aliphatic rings. The van der Waals surface area contributed by atoms with Gasteiger partial charge in [-0.3, -0.25) is 14.4 Å². The maximum absolute atomic E-state index is 13.1. The lowest BCUT2D eigenvalue weighted by atomic mass is 10.1. The number of carbonyl (C=O) groups excluding carboxylic acids is 3. The topological polar surface area (TPSA) is 92.7 Å². The Kier molecular flexibility index (Phi) is 5.14. The number of hydrogen-bond acceptors (Lipinski definition) is 4. The average molecular weight is 432 g/mol. The molecule has 0 radical (unpaired) electrons. The molecule has 0 saturated carbocycles. The van der Waals surface area contributed by atoms with Gasteiger partial charge in [0.25, 0.3) is 11.8 Å². The SMILES string of the molecule is COCCn1cc(C(=O)Nc2ccc3c(c2)C(=O)N2CCC[C@@H]2C(=O)N3)c2ccccc21. The van der Waals surface area contributed by atoms with Crippen LogP contribution in [-0.4, -0.2) is 53.5 Å². The molecular formula is C24H24N4O4. The van der Waals surface area contributed by atoms with E-state index in [4.69, 9.17) is 4.74 Å².